The lowest BCUT2D eigenvalue weighted by molar-refractivity contribution is -0.131. The molecule has 3 heteroatoms. The van der Waals surface area contributed by atoms with Gasteiger partial charge in [-0.3, -0.25) is 4.79 Å². The smallest absolute Gasteiger partial charge is 0.296 e. The van der Waals surface area contributed by atoms with Gasteiger partial charge in [0.2, 0.25) is 8.32 Å². The molecule has 0 atom stereocenters. The van der Waals surface area contributed by atoms with Gasteiger partial charge in [0, 0.05) is 0 Å². The number of rotatable bonds is 4. The minimum absolute atomic E-state index is 0.147. The SMILES string of the molecule is CCC[CH]C(=O)O[Si](C)(C)C. The van der Waals surface area contributed by atoms with Crippen molar-refractivity contribution >= 4 is 14.3 Å². The normalized spacial score (nSPS) is 11.3. The molecule has 1 radical (unpaired) electrons. The lowest BCUT2D eigenvalue weighted by Crippen LogP contribution is -2.29. The van der Waals surface area contributed by atoms with Crippen LogP contribution in [-0.2, 0) is 9.22 Å². The maximum atomic E-state index is 11.0. The van der Waals surface area contributed by atoms with Crippen molar-refractivity contribution in [1.29, 1.82) is 0 Å². The van der Waals surface area contributed by atoms with Crippen LogP contribution in [0.25, 0.3) is 0 Å². The van der Waals surface area contributed by atoms with Crippen LogP contribution in [0.2, 0.25) is 19.6 Å². The van der Waals surface area contributed by atoms with Crippen LogP contribution in [0.5, 0.6) is 0 Å². The first-order valence-electron chi connectivity index (χ1n) is 4.02. The van der Waals surface area contributed by atoms with Crippen molar-refractivity contribution in [1.82, 2.24) is 0 Å². The Labute approximate surface area is 70.1 Å². The molecule has 0 aliphatic rings. The standard InChI is InChI=1S/C8H17O2Si/c1-5-6-7-8(9)10-11(2,3)4/h7H,5-6H2,1-4H3. The zero-order valence-electron chi connectivity index (χ0n) is 7.81. The molecule has 0 aromatic carbocycles. The molecule has 0 bridgehead atoms. The van der Waals surface area contributed by atoms with E-state index < -0.39 is 8.32 Å². The fourth-order valence-electron chi connectivity index (χ4n) is 0.606. The van der Waals surface area contributed by atoms with Crippen molar-refractivity contribution < 1.29 is 9.22 Å². The fourth-order valence-corrected chi connectivity index (χ4v) is 1.29. The first-order valence-corrected chi connectivity index (χ1v) is 7.42. The van der Waals surface area contributed by atoms with Gasteiger partial charge < -0.3 is 4.43 Å². The molecular weight excluding hydrogens is 156 g/mol. The summed E-state index contributed by atoms with van der Waals surface area (Å²) in [6, 6.07) is 0. The van der Waals surface area contributed by atoms with Gasteiger partial charge in [0.05, 0.1) is 6.42 Å². The quantitative estimate of drug-likeness (QED) is 0.610. The number of hydrogen-bond acceptors (Lipinski definition) is 2. The Bertz CT molecular complexity index is 127. The summed E-state index contributed by atoms with van der Waals surface area (Å²) in [5, 5.41) is 0. The van der Waals surface area contributed by atoms with E-state index in [4.69, 9.17) is 4.43 Å². The van der Waals surface area contributed by atoms with Crippen LogP contribution in [0.3, 0.4) is 0 Å². The van der Waals surface area contributed by atoms with E-state index in [9.17, 15) is 4.79 Å². The molecule has 0 aliphatic carbocycles. The highest BCUT2D eigenvalue weighted by molar-refractivity contribution is 6.71. The second-order valence-electron chi connectivity index (χ2n) is 3.53. The van der Waals surface area contributed by atoms with Crippen molar-refractivity contribution in [3.05, 3.63) is 6.42 Å². The lowest BCUT2D eigenvalue weighted by atomic mass is 10.3. The number of carbonyl (C=O) groups is 1. The molecule has 2 nitrogen and oxygen atoms in total. The molecule has 0 heterocycles. The number of hydrogen-bond donors (Lipinski definition) is 0. The molecule has 0 amide bonds. The Hall–Kier alpha value is -0.313. The minimum atomic E-state index is -1.65. The van der Waals surface area contributed by atoms with Gasteiger partial charge in [-0.25, -0.2) is 0 Å². The Morgan fingerprint density at radius 3 is 2.36 bits per heavy atom. The summed E-state index contributed by atoms with van der Waals surface area (Å²) in [7, 11) is -1.65. The highest BCUT2D eigenvalue weighted by Gasteiger charge is 2.19. The lowest BCUT2D eigenvalue weighted by Gasteiger charge is -2.16. The van der Waals surface area contributed by atoms with Gasteiger partial charge in [-0.05, 0) is 26.1 Å². The predicted octanol–water partition coefficient (Wildman–Crippen LogP) is 2.37. The molecule has 0 spiro atoms. The maximum absolute atomic E-state index is 11.0. The monoisotopic (exact) mass is 173 g/mol. The minimum Gasteiger partial charge on any atom is -0.520 e. The van der Waals surface area contributed by atoms with Crippen molar-refractivity contribution in [2.45, 2.75) is 39.4 Å². The summed E-state index contributed by atoms with van der Waals surface area (Å²) < 4.78 is 5.18. The molecule has 11 heavy (non-hydrogen) atoms. The second-order valence-corrected chi connectivity index (χ2v) is 7.96. The highest BCUT2D eigenvalue weighted by atomic mass is 28.4. The van der Waals surface area contributed by atoms with Crippen LogP contribution in [-0.4, -0.2) is 14.3 Å². The third kappa shape index (κ3) is 7.59. The predicted molar refractivity (Wildman–Crippen MR) is 48.6 cm³/mol. The number of unbranched alkanes of at least 4 members (excludes halogenated alkanes) is 1. The average Bonchev–Trinajstić information content (AvgIpc) is 1.79. The molecule has 0 aromatic heterocycles. The van der Waals surface area contributed by atoms with Crippen LogP contribution in [0.15, 0.2) is 0 Å². The van der Waals surface area contributed by atoms with Crippen LogP contribution in [0.4, 0.5) is 0 Å². The molecular formula is C8H17O2Si. The molecule has 0 saturated carbocycles. The van der Waals surface area contributed by atoms with Crippen LogP contribution >= 0.6 is 0 Å². The summed E-state index contributed by atoms with van der Waals surface area (Å²) in [5.41, 5.74) is 0. The summed E-state index contributed by atoms with van der Waals surface area (Å²) in [5.74, 6) is -0.147. The van der Waals surface area contributed by atoms with Gasteiger partial charge in [-0.2, -0.15) is 0 Å². The topological polar surface area (TPSA) is 26.3 Å². The highest BCUT2D eigenvalue weighted by Crippen LogP contribution is 2.05. The Kier molecular flexibility index (Phi) is 4.41. The zero-order chi connectivity index (χ0) is 8.91. The molecule has 65 valence electrons. The van der Waals surface area contributed by atoms with Crippen LogP contribution in [0, 0.1) is 6.42 Å². The van der Waals surface area contributed by atoms with Crippen LogP contribution in [0.1, 0.15) is 19.8 Å². The first kappa shape index (κ1) is 10.7. The van der Waals surface area contributed by atoms with E-state index in [1.807, 2.05) is 26.6 Å². The summed E-state index contributed by atoms with van der Waals surface area (Å²) in [4.78, 5) is 11.0. The van der Waals surface area contributed by atoms with E-state index in [0.717, 1.165) is 12.8 Å². The van der Waals surface area contributed by atoms with Gasteiger partial charge in [0.1, 0.15) is 0 Å². The van der Waals surface area contributed by atoms with E-state index in [0.29, 0.717) is 0 Å². The van der Waals surface area contributed by atoms with E-state index in [2.05, 4.69) is 0 Å². The van der Waals surface area contributed by atoms with Gasteiger partial charge in [-0.15, -0.1) is 0 Å². The molecule has 0 aromatic rings. The number of carbonyl (C=O) groups excluding carboxylic acids is 1. The van der Waals surface area contributed by atoms with Gasteiger partial charge >= 0.3 is 0 Å². The van der Waals surface area contributed by atoms with Crippen molar-refractivity contribution in [3.8, 4) is 0 Å². The summed E-state index contributed by atoms with van der Waals surface area (Å²) in [6.07, 6.45) is 3.45. The average molecular weight is 173 g/mol. The first-order chi connectivity index (χ1) is 4.95. The summed E-state index contributed by atoms with van der Waals surface area (Å²) >= 11 is 0. The molecule has 0 fully saturated rings. The third-order valence-corrected chi connectivity index (χ3v) is 1.82. The van der Waals surface area contributed by atoms with Crippen molar-refractivity contribution in [2.75, 3.05) is 0 Å². The Balaban J connectivity index is 3.53. The van der Waals surface area contributed by atoms with Gasteiger partial charge in [0.15, 0.2) is 0 Å². The van der Waals surface area contributed by atoms with Gasteiger partial charge in [0.25, 0.3) is 5.97 Å². The van der Waals surface area contributed by atoms with E-state index >= 15 is 0 Å². The molecule has 0 N–H and O–H groups in total. The maximum Gasteiger partial charge on any atom is 0.296 e. The Morgan fingerprint density at radius 2 is 2.00 bits per heavy atom. The Morgan fingerprint density at radius 1 is 1.45 bits per heavy atom. The van der Waals surface area contributed by atoms with Gasteiger partial charge in [-0.1, -0.05) is 13.3 Å². The van der Waals surface area contributed by atoms with E-state index in [1.54, 1.807) is 6.42 Å². The molecule has 0 saturated heterocycles. The molecule has 0 rings (SSSR count). The van der Waals surface area contributed by atoms with Crippen LogP contribution < -0.4 is 0 Å². The van der Waals surface area contributed by atoms with Crippen molar-refractivity contribution in [2.24, 2.45) is 0 Å². The van der Waals surface area contributed by atoms with Crippen molar-refractivity contribution in [3.63, 3.8) is 0 Å². The molecule has 0 unspecified atom stereocenters. The largest absolute Gasteiger partial charge is 0.520 e. The van der Waals surface area contributed by atoms with E-state index in [1.165, 1.54) is 0 Å². The summed E-state index contributed by atoms with van der Waals surface area (Å²) in [6.45, 7) is 8.05. The van der Waals surface area contributed by atoms with E-state index in [-0.39, 0.29) is 5.97 Å². The third-order valence-electron chi connectivity index (χ3n) is 1.01. The molecule has 0 aliphatic heterocycles. The second kappa shape index (κ2) is 4.54. The zero-order valence-corrected chi connectivity index (χ0v) is 8.81. The fraction of sp³-hybridized carbons (Fsp3) is 0.750.